The van der Waals surface area contributed by atoms with Crippen LogP contribution < -0.4 is 0 Å². The van der Waals surface area contributed by atoms with Gasteiger partial charge in [-0.15, -0.1) is 11.8 Å². The van der Waals surface area contributed by atoms with E-state index in [9.17, 15) is 5.11 Å². The van der Waals surface area contributed by atoms with Gasteiger partial charge in [-0.2, -0.15) is 0 Å². The van der Waals surface area contributed by atoms with E-state index in [2.05, 4.69) is 35.0 Å². The van der Waals surface area contributed by atoms with Gasteiger partial charge in [0.25, 0.3) is 0 Å². The molecule has 18 heavy (non-hydrogen) atoms. The molecule has 0 aliphatic heterocycles. The molecule has 1 saturated carbocycles. The summed E-state index contributed by atoms with van der Waals surface area (Å²) in [5.74, 6) is 2.17. The molecule has 1 aliphatic carbocycles. The molecule has 1 aliphatic rings. The van der Waals surface area contributed by atoms with Crippen LogP contribution in [0, 0.1) is 11.8 Å². The predicted molar refractivity (Wildman–Crippen MR) is 82.0 cm³/mol. The van der Waals surface area contributed by atoms with Crippen molar-refractivity contribution in [3.05, 3.63) is 28.7 Å². The van der Waals surface area contributed by atoms with Crippen molar-refractivity contribution < 1.29 is 5.11 Å². The number of rotatable bonds is 4. The Morgan fingerprint density at radius 3 is 2.61 bits per heavy atom. The highest BCUT2D eigenvalue weighted by molar-refractivity contribution is 9.10. The normalized spacial score (nSPS) is 25.9. The van der Waals surface area contributed by atoms with Crippen molar-refractivity contribution in [2.45, 2.75) is 43.6 Å². The number of hydrogen-bond donors (Lipinski definition) is 1. The lowest BCUT2D eigenvalue weighted by molar-refractivity contribution is 0.0946. The largest absolute Gasteiger partial charge is 0.392 e. The van der Waals surface area contributed by atoms with E-state index in [1.54, 1.807) is 11.8 Å². The summed E-state index contributed by atoms with van der Waals surface area (Å²) in [6.45, 7) is 2.32. The maximum absolute atomic E-state index is 10.3. The molecule has 2 rings (SSSR count). The van der Waals surface area contributed by atoms with Crippen molar-refractivity contribution >= 4 is 27.7 Å². The van der Waals surface area contributed by atoms with Crippen molar-refractivity contribution in [1.29, 1.82) is 0 Å². The molecular formula is C15H21BrOS. The first-order valence-corrected chi connectivity index (χ1v) is 8.50. The van der Waals surface area contributed by atoms with E-state index in [0.717, 1.165) is 16.1 Å². The first-order chi connectivity index (χ1) is 8.66. The summed E-state index contributed by atoms with van der Waals surface area (Å²) in [5.41, 5.74) is 0. The first-order valence-electron chi connectivity index (χ1n) is 6.72. The second-order valence-corrected chi connectivity index (χ2v) is 7.24. The summed E-state index contributed by atoms with van der Waals surface area (Å²) in [5, 5.41) is 10.3. The third-order valence-electron chi connectivity index (χ3n) is 3.85. The molecular weight excluding hydrogens is 308 g/mol. The summed E-state index contributed by atoms with van der Waals surface area (Å²) in [6.07, 6.45) is 4.79. The highest BCUT2D eigenvalue weighted by Crippen LogP contribution is 2.34. The second-order valence-electron chi connectivity index (χ2n) is 5.33. The van der Waals surface area contributed by atoms with Crippen LogP contribution in [-0.4, -0.2) is 17.0 Å². The van der Waals surface area contributed by atoms with Crippen LogP contribution in [0.5, 0.6) is 0 Å². The van der Waals surface area contributed by atoms with E-state index in [1.165, 1.54) is 30.6 Å². The van der Waals surface area contributed by atoms with Crippen molar-refractivity contribution in [3.63, 3.8) is 0 Å². The molecule has 0 amide bonds. The molecule has 1 aromatic rings. The number of thioether (sulfide) groups is 1. The summed E-state index contributed by atoms with van der Waals surface area (Å²) in [6, 6.07) is 8.22. The van der Waals surface area contributed by atoms with Crippen LogP contribution in [0.15, 0.2) is 33.6 Å². The third-order valence-corrected chi connectivity index (χ3v) is 5.98. The van der Waals surface area contributed by atoms with E-state index in [0.29, 0.717) is 5.92 Å². The smallest absolute Gasteiger partial charge is 0.0662 e. The van der Waals surface area contributed by atoms with E-state index >= 15 is 0 Å². The average Bonchev–Trinajstić information content (AvgIpc) is 2.38. The quantitative estimate of drug-likeness (QED) is 0.806. The molecule has 0 heterocycles. The Morgan fingerprint density at radius 1 is 1.28 bits per heavy atom. The topological polar surface area (TPSA) is 20.2 Å². The fraction of sp³-hybridized carbons (Fsp3) is 0.600. The first kappa shape index (κ1) is 14.4. The second kappa shape index (κ2) is 6.97. The van der Waals surface area contributed by atoms with Gasteiger partial charge in [0, 0.05) is 15.1 Å². The Morgan fingerprint density at radius 2 is 1.94 bits per heavy atom. The maximum atomic E-state index is 10.3. The van der Waals surface area contributed by atoms with Crippen molar-refractivity contribution in [1.82, 2.24) is 0 Å². The van der Waals surface area contributed by atoms with Crippen LogP contribution in [0.3, 0.4) is 0 Å². The van der Waals surface area contributed by atoms with Gasteiger partial charge in [0.1, 0.15) is 0 Å². The van der Waals surface area contributed by atoms with Crippen LogP contribution in [0.2, 0.25) is 0 Å². The average molecular weight is 329 g/mol. The standard InChI is InChI=1S/C15H21BrOS/c1-11-6-8-12(9-7-11)14(17)10-18-15-5-3-2-4-13(15)16/h2-5,11-12,14,17H,6-10H2,1H3. The van der Waals surface area contributed by atoms with Crippen molar-refractivity contribution in [2.75, 3.05) is 5.75 Å². The van der Waals surface area contributed by atoms with Crippen LogP contribution in [0.25, 0.3) is 0 Å². The summed E-state index contributed by atoms with van der Waals surface area (Å²) in [4.78, 5) is 1.22. The summed E-state index contributed by atoms with van der Waals surface area (Å²) in [7, 11) is 0. The lowest BCUT2D eigenvalue weighted by Crippen LogP contribution is -2.26. The summed E-state index contributed by atoms with van der Waals surface area (Å²) < 4.78 is 1.12. The molecule has 0 saturated heterocycles. The highest BCUT2D eigenvalue weighted by atomic mass is 79.9. The maximum Gasteiger partial charge on any atom is 0.0662 e. The van der Waals surface area contributed by atoms with E-state index in [4.69, 9.17) is 0 Å². The minimum absolute atomic E-state index is 0.158. The molecule has 0 bridgehead atoms. The van der Waals surface area contributed by atoms with Crippen LogP contribution in [-0.2, 0) is 0 Å². The zero-order valence-corrected chi connectivity index (χ0v) is 13.2. The molecule has 0 radical (unpaired) electrons. The number of aliphatic hydroxyl groups is 1. The number of hydrogen-bond acceptors (Lipinski definition) is 2. The van der Waals surface area contributed by atoms with Crippen LogP contribution in [0.1, 0.15) is 32.6 Å². The minimum atomic E-state index is -0.158. The monoisotopic (exact) mass is 328 g/mol. The van der Waals surface area contributed by atoms with Crippen LogP contribution in [0.4, 0.5) is 0 Å². The molecule has 3 heteroatoms. The Labute approximate surface area is 122 Å². The van der Waals surface area contributed by atoms with Crippen molar-refractivity contribution in [2.24, 2.45) is 11.8 Å². The van der Waals surface area contributed by atoms with Gasteiger partial charge in [-0.05, 0) is 52.7 Å². The molecule has 1 unspecified atom stereocenters. The molecule has 0 aromatic heterocycles. The van der Waals surface area contributed by atoms with E-state index < -0.39 is 0 Å². The SMILES string of the molecule is CC1CCC(C(O)CSc2ccccc2Br)CC1. The van der Waals surface area contributed by atoms with Gasteiger partial charge in [-0.3, -0.25) is 0 Å². The van der Waals surface area contributed by atoms with Gasteiger partial charge in [-0.25, -0.2) is 0 Å². The summed E-state index contributed by atoms with van der Waals surface area (Å²) >= 11 is 5.30. The predicted octanol–water partition coefficient (Wildman–Crippen LogP) is 4.73. The fourth-order valence-corrected chi connectivity index (χ4v) is 4.18. The molecule has 100 valence electrons. The highest BCUT2D eigenvalue weighted by Gasteiger charge is 2.24. The molecule has 1 atom stereocenters. The van der Waals surface area contributed by atoms with Gasteiger partial charge >= 0.3 is 0 Å². The fourth-order valence-electron chi connectivity index (χ4n) is 2.54. The van der Waals surface area contributed by atoms with Gasteiger partial charge in [0.05, 0.1) is 6.10 Å². The van der Waals surface area contributed by atoms with Gasteiger partial charge in [0.15, 0.2) is 0 Å². The molecule has 1 aromatic carbocycles. The Balaban J connectivity index is 1.81. The molecule has 0 spiro atoms. The van der Waals surface area contributed by atoms with E-state index in [-0.39, 0.29) is 6.10 Å². The van der Waals surface area contributed by atoms with E-state index in [1.807, 2.05) is 12.1 Å². The lowest BCUT2D eigenvalue weighted by atomic mass is 9.81. The third kappa shape index (κ3) is 4.01. The number of halogens is 1. The zero-order valence-electron chi connectivity index (χ0n) is 10.8. The molecule has 1 nitrogen and oxygen atoms in total. The molecule has 1 N–H and O–H groups in total. The van der Waals surface area contributed by atoms with Crippen LogP contribution >= 0.6 is 27.7 Å². The number of aliphatic hydroxyl groups excluding tert-OH is 1. The minimum Gasteiger partial charge on any atom is -0.392 e. The lowest BCUT2D eigenvalue weighted by Gasteiger charge is -2.29. The van der Waals surface area contributed by atoms with Gasteiger partial charge in [-0.1, -0.05) is 31.9 Å². The Hall–Kier alpha value is 0.01000. The number of benzene rings is 1. The van der Waals surface area contributed by atoms with Crippen molar-refractivity contribution in [3.8, 4) is 0 Å². The Bertz CT molecular complexity index is 375. The van der Waals surface area contributed by atoms with Gasteiger partial charge in [0.2, 0.25) is 0 Å². The van der Waals surface area contributed by atoms with Gasteiger partial charge < -0.3 is 5.11 Å². The Kier molecular flexibility index (Phi) is 5.58. The molecule has 1 fully saturated rings. The zero-order chi connectivity index (χ0) is 13.0.